The third-order valence-electron chi connectivity index (χ3n) is 4.04. The summed E-state index contributed by atoms with van der Waals surface area (Å²) in [6.45, 7) is 0. The lowest BCUT2D eigenvalue weighted by Crippen LogP contribution is -2.22. The van der Waals surface area contributed by atoms with Gasteiger partial charge in [-0.3, -0.25) is 9.59 Å². The van der Waals surface area contributed by atoms with Gasteiger partial charge in [-0.15, -0.1) is 0 Å². The SMILES string of the molecule is CN(C)S(=O)(=O)c1ccc(NC(=O)c2ccc(NC(=O)c3ccco3)cc2)cc1. The number of benzene rings is 2. The number of sulfonamides is 1. The number of anilines is 2. The molecule has 150 valence electrons. The molecule has 0 spiro atoms. The second-order valence-corrected chi connectivity index (χ2v) is 8.43. The van der Waals surface area contributed by atoms with Crippen molar-refractivity contribution in [1.82, 2.24) is 4.31 Å². The zero-order valence-corrected chi connectivity index (χ0v) is 16.6. The molecule has 0 aliphatic heterocycles. The average molecular weight is 413 g/mol. The molecule has 2 amide bonds. The fraction of sp³-hybridized carbons (Fsp3) is 0.100. The topological polar surface area (TPSA) is 109 Å². The van der Waals surface area contributed by atoms with Gasteiger partial charge in [-0.1, -0.05) is 0 Å². The number of rotatable bonds is 6. The molecule has 8 nitrogen and oxygen atoms in total. The highest BCUT2D eigenvalue weighted by molar-refractivity contribution is 7.89. The first-order valence-corrected chi connectivity index (χ1v) is 10.0. The van der Waals surface area contributed by atoms with Crippen LogP contribution in [0.1, 0.15) is 20.9 Å². The van der Waals surface area contributed by atoms with Crippen LogP contribution in [-0.4, -0.2) is 38.6 Å². The van der Waals surface area contributed by atoms with Crippen LogP contribution in [0.4, 0.5) is 11.4 Å². The van der Waals surface area contributed by atoms with Crippen molar-refractivity contribution in [3.63, 3.8) is 0 Å². The number of furan rings is 1. The lowest BCUT2D eigenvalue weighted by molar-refractivity contribution is 0.0995. The minimum Gasteiger partial charge on any atom is -0.459 e. The molecule has 1 heterocycles. The number of amides is 2. The number of carbonyl (C=O) groups is 2. The number of nitrogens with zero attached hydrogens (tertiary/aromatic N) is 1. The highest BCUT2D eigenvalue weighted by atomic mass is 32.2. The Hall–Kier alpha value is -3.43. The van der Waals surface area contributed by atoms with Crippen molar-refractivity contribution in [3.05, 3.63) is 78.3 Å². The third-order valence-corrected chi connectivity index (χ3v) is 5.87. The molecule has 1 aromatic heterocycles. The Bertz CT molecular complexity index is 1100. The van der Waals surface area contributed by atoms with E-state index in [1.165, 1.54) is 44.6 Å². The Balaban J connectivity index is 1.64. The average Bonchev–Trinajstić information content (AvgIpc) is 3.24. The highest BCUT2D eigenvalue weighted by Crippen LogP contribution is 2.18. The summed E-state index contributed by atoms with van der Waals surface area (Å²) in [6, 6.07) is 15.4. The Morgan fingerprint density at radius 3 is 1.90 bits per heavy atom. The summed E-state index contributed by atoms with van der Waals surface area (Å²) in [5, 5.41) is 5.36. The maximum Gasteiger partial charge on any atom is 0.291 e. The van der Waals surface area contributed by atoms with Crippen LogP contribution >= 0.6 is 0 Å². The fourth-order valence-corrected chi connectivity index (χ4v) is 3.33. The fourth-order valence-electron chi connectivity index (χ4n) is 2.43. The molecule has 0 aliphatic carbocycles. The molecular weight excluding hydrogens is 394 g/mol. The molecule has 0 aliphatic rings. The first-order valence-electron chi connectivity index (χ1n) is 8.56. The van der Waals surface area contributed by atoms with Crippen LogP contribution in [0.5, 0.6) is 0 Å². The smallest absolute Gasteiger partial charge is 0.291 e. The molecule has 2 aromatic carbocycles. The molecule has 9 heteroatoms. The molecule has 0 saturated heterocycles. The van der Waals surface area contributed by atoms with Crippen LogP contribution in [0.25, 0.3) is 0 Å². The van der Waals surface area contributed by atoms with Crippen LogP contribution in [0.3, 0.4) is 0 Å². The van der Waals surface area contributed by atoms with Crippen molar-refractivity contribution in [3.8, 4) is 0 Å². The Morgan fingerprint density at radius 2 is 1.38 bits per heavy atom. The molecule has 2 N–H and O–H groups in total. The van der Waals surface area contributed by atoms with E-state index in [0.29, 0.717) is 16.9 Å². The van der Waals surface area contributed by atoms with Crippen molar-refractivity contribution in [1.29, 1.82) is 0 Å². The third kappa shape index (κ3) is 4.71. The van der Waals surface area contributed by atoms with Crippen LogP contribution in [-0.2, 0) is 10.0 Å². The summed E-state index contributed by atoms with van der Waals surface area (Å²) in [5.41, 5.74) is 1.36. The van der Waals surface area contributed by atoms with Gasteiger partial charge >= 0.3 is 0 Å². The molecule has 0 unspecified atom stereocenters. The number of carbonyl (C=O) groups excluding carboxylic acids is 2. The summed E-state index contributed by atoms with van der Waals surface area (Å²) in [6.07, 6.45) is 1.41. The van der Waals surface area contributed by atoms with Crippen molar-refractivity contribution in [2.75, 3.05) is 24.7 Å². The second-order valence-electron chi connectivity index (χ2n) is 6.27. The van der Waals surface area contributed by atoms with Crippen LogP contribution in [0, 0.1) is 0 Å². The van der Waals surface area contributed by atoms with Gasteiger partial charge in [0, 0.05) is 31.0 Å². The highest BCUT2D eigenvalue weighted by Gasteiger charge is 2.17. The quantitative estimate of drug-likeness (QED) is 0.646. The van der Waals surface area contributed by atoms with Crippen molar-refractivity contribution in [2.24, 2.45) is 0 Å². The van der Waals surface area contributed by atoms with E-state index in [-0.39, 0.29) is 22.5 Å². The van der Waals surface area contributed by atoms with Gasteiger partial charge in [0.1, 0.15) is 0 Å². The number of nitrogens with one attached hydrogen (secondary N) is 2. The van der Waals surface area contributed by atoms with Crippen LogP contribution < -0.4 is 10.6 Å². The monoisotopic (exact) mass is 413 g/mol. The molecule has 0 atom stereocenters. The standard InChI is InChI=1S/C20H19N3O5S/c1-23(2)29(26,27)17-11-9-16(10-12-17)21-19(24)14-5-7-15(8-6-14)22-20(25)18-4-3-13-28-18/h3-13H,1-2H3,(H,21,24)(H,22,25). The summed E-state index contributed by atoms with van der Waals surface area (Å²) < 4.78 is 30.3. The normalized spacial score (nSPS) is 11.3. The maximum atomic E-state index is 12.4. The number of hydrogen-bond acceptors (Lipinski definition) is 5. The van der Waals surface area contributed by atoms with Gasteiger partial charge in [-0.25, -0.2) is 12.7 Å². The van der Waals surface area contributed by atoms with Crippen LogP contribution in [0.2, 0.25) is 0 Å². The van der Waals surface area contributed by atoms with Crippen molar-refractivity contribution in [2.45, 2.75) is 4.90 Å². The summed E-state index contributed by atoms with van der Waals surface area (Å²) >= 11 is 0. The first kappa shape index (κ1) is 20.3. The minimum atomic E-state index is -3.53. The second kappa shape index (κ2) is 8.29. The largest absolute Gasteiger partial charge is 0.459 e. The van der Waals surface area contributed by atoms with Gasteiger partial charge in [0.15, 0.2) is 5.76 Å². The van der Waals surface area contributed by atoms with Crippen molar-refractivity contribution < 1.29 is 22.4 Å². The Kier molecular flexibility index (Phi) is 5.81. The first-order chi connectivity index (χ1) is 13.8. The van der Waals surface area contributed by atoms with Gasteiger partial charge in [0.25, 0.3) is 11.8 Å². The molecular formula is C20H19N3O5S. The van der Waals surface area contributed by atoms with E-state index in [0.717, 1.165) is 4.31 Å². The Morgan fingerprint density at radius 1 is 0.828 bits per heavy atom. The summed E-state index contributed by atoms with van der Waals surface area (Å²) in [4.78, 5) is 24.5. The van der Waals surface area contributed by atoms with E-state index < -0.39 is 10.0 Å². The molecule has 29 heavy (non-hydrogen) atoms. The predicted octanol–water partition coefficient (Wildman–Crippen LogP) is 3.03. The molecule has 0 radical (unpaired) electrons. The maximum absolute atomic E-state index is 12.4. The zero-order valence-electron chi connectivity index (χ0n) is 15.7. The summed E-state index contributed by atoms with van der Waals surface area (Å²) in [5.74, 6) is -0.566. The summed E-state index contributed by atoms with van der Waals surface area (Å²) in [7, 11) is -0.626. The van der Waals surface area contributed by atoms with E-state index in [4.69, 9.17) is 4.42 Å². The van der Waals surface area contributed by atoms with Crippen LogP contribution in [0.15, 0.2) is 76.2 Å². The minimum absolute atomic E-state index is 0.136. The predicted molar refractivity (Wildman–Crippen MR) is 108 cm³/mol. The number of hydrogen-bond donors (Lipinski definition) is 2. The van der Waals surface area contributed by atoms with E-state index in [9.17, 15) is 18.0 Å². The molecule has 3 rings (SSSR count). The molecule has 0 bridgehead atoms. The lowest BCUT2D eigenvalue weighted by atomic mass is 10.2. The lowest BCUT2D eigenvalue weighted by Gasteiger charge is -2.12. The van der Waals surface area contributed by atoms with E-state index in [2.05, 4.69) is 10.6 Å². The molecule has 3 aromatic rings. The van der Waals surface area contributed by atoms with Gasteiger partial charge in [0.2, 0.25) is 10.0 Å². The van der Waals surface area contributed by atoms with Gasteiger partial charge in [-0.2, -0.15) is 0 Å². The molecule has 0 fully saturated rings. The van der Waals surface area contributed by atoms with E-state index in [1.54, 1.807) is 36.4 Å². The Labute approximate surface area is 168 Å². The van der Waals surface area contributed by atoms with Gasteiger partial charge in [-0.05, 0) is 60.7 Å². The molecule has 0 saturated carbocycles. The zero-order chi connectivity index (χ0) is 21.0. The van der Waals surface area contributed by atoms with E-state index >= 15 is 0 Å². The van der Waals surface area contributed by atoms with Gasteiger partial charge < -0.3 is 15.1 Å². The van der Waals surface area contributed by atoms with E-state index in [1.807, 2.05) is 0 Å². The van der Waals surface area contributed by atoms with Gasteiger partial charge in [0.05, 0.1) is 11.2 Å². The van der Waals surface area contributed by atoms with Crippen molar-refractivity contribution >= 4 is 33.2 Å².